The Bertz CT molecular complexity index is 987. The van der Waals surface area contributed by atoms with Gasteiger partial charge in [-0.2, -0.15) is 0 Å². The molecular formula is C24H32N2O5. The van der Waals surface area contributed by atoms with Crippen molar-refractivity contribution in [2.24, 2.45) is 5.92 Å². The number of hydrogen-bond acceptors (Lipinski definition) is 6. The van der Waals surface area contributed by atoms with Gasteiger partial charge in [-0.1, -0.05) is 0 Å². The quantitative estimate of drug-likeness (QED) is 0.682. The molecule has 0 saturated carbocycles. The molecule has 0 bridgehead atoms. The third-order valence-corrected chi connectivity index (χ3v) is 6.64. The Morgan fingerprint density at radius 2 is 1.84 bits per heavy atom. The van der Waals surface area contributed by atoms with Gasteiger partial charge < -0.3 is 18.8 Å². The van der Waals surface area contributed by atoms with Gasteiger partial charge >= 0.3 is 5.63 Å². The molecule has 0 N–H and O–H groups in total. The van der Waals surface area contributed by atoms with Crippen molar-refractivity contribution in [3.05, 3.63) is 39.7 Å². The van der Waals surface area contributed by atoms with Crippen LogP contribution in [0.2, 0.25) is 0 Å². The Labute approximate surface area is 182 Å². The highest BCUT2D eigenvalue weighted by atomic mass is 16.5. The molecule has 0 radical (unpaired) electrons. The number of carbonyl (C=O) groups excluding carboxylic acids is 1. The van der Waals surface area contributed by atoms with Crippen LogP contribution in [-0.4, -0.2) is 67.7 Å². The number of hydrogen-bond donors (Lipinski definition) is 0. The Balaban J connectivity index is 1.33. The maximum absolute atomic E-state index is 12.9. The second-order valence-corrected chi connectivity index (χ2v) is 8.74. The van der Waals surface area contributed by atoms with Crippen LogP contribution < -0.4 is 10.4 Å². The van der Waals surface area contributed by atoms with Gasteiger partial charge in [-0.25, -0.2) is 4.79 Å². The van der Waals surface area contributed by atoms with Crippen LogP contribution in [0.15, 0.2) is 27.4 Å². The molecule has 31 heavy (non-hydrogen) atoms. The average molecular weight is 429 g/mol. The monoisotopic (exact) mass is 428 g/mol. The lowest BCUT2D eigenvalue weighted by Gasteiger charge is -2.36. The van der Waals surface area contributed by atoms with Gasteiger partial charge in [0.25, 0.3) is 5.91 Å². The van der Waals surface area contributed by atoms with E-state index in [4.69, 9.17) is 13.9 Å². The largest absolute Gasteiger partial charge is 0.481 e. The van der Waals surface area contributed by atoms with Gasteiger partial charge in [0.2, 0.25) is 0 Å². The van der Waals surface area contributed by atoms with Gasteiger partial charge in [-0.05, 0) is 57.2 Å². The third kappa shape index (κ3) is 4.93. The van der Waals surface area contributed by atoms with E-state index in [0.717, 1.165) is 69.7 Å². The van der Waals surface area contributed by atoms with Gasteiger partial charge in [-0.15, -0.1) is 0 Å². The van der Waals surface area contributed by atoms with Crippen LogP contribution in [0.5, 0.6) is 5.75 Å². The molecule has 1 aromatic heterocycles. The molecule has 2 aliphatic rings. The highest BCUT2D eigenvalue weighted by Gasteiger charge is 2.28. The summed E-state index contributed by atoms with van der Waals surface area (Å²) in [7, 11) is 0. The number of likely N-dealkylation sites (tertiary alicyclic amines) is 1. The van der Waals surface area contributed by atoms with Crippen LogP contribution in [0, 0.1) is 19.8 Å². The van der Waals surface area contributed by atoms with E-state index in [0.29, 0.717) is 22.8 Å². The Morgan fingerprint density at radius 1 is 1.13 bits per heavy atom. The summed E-state index contributed by atoms with van der Waals surface area (Å²) < 4.78 is 16.7. The number of carbonyl (C=O) groups is 1. The van der Waals surface area contributed by atoms with Crippen LogP contribution in [0.1, 0.15) is 30.9 Å². The minimum Gasteiger partial charge on any atom is -0.481 e. The molecule has 1 unspecified atom stereocenters. The van der Waals surface area contributed by atoms with Crippen LogP contribution in [0.25, 0.3) is 11.0 Å². The van der Waals surface area contributed by atoms with Crippen molar-refractivity contribution in [1.29, 1.82) is 0 Å². The fraction of sp³-hybridized carbons (Fsp3) is 0.583. The van der Waals surface area contributed by atoms with Crippen LogP contribution >= 0.6 is 0 Å². The molecule has 168 valence electrons. The summed E-state index contributed by atoms with van der Waals surface area (Å²) in [4.78, 5) is 29.3. The first-order valence-electron chi connectivity index (χ1n) is 11.2. The lowest BCUT2D eigenvalue weighted by molar-refractivity contribution is -0.139. The lowest BCUT2D eigenvalue weighted by Crippen LogP contribution is -2.47. The predicted molar refractivity (Wildman–Crippen MR) is 119 cm³/mol. The zero-order valence-corrected chi connectivity index (χ0v) is 18.7. The molecule has 2 aliphatic heterocycles. The summed E-state index contributed by atoms with van der Waals surface area (Å²) in [6.07, 6.45) is 1.46. The molecular weight excluding hydrogens is 396 g/mol. The predicted octanol–water partition coefficient (Wildman–Crippen LogP) is 2.75. The van der Waals surface area contributed by atoms with Crippen LogP contribution in [-0.2, 0) is 9.53 Å². The second-order valence-electron chi connectivity index (χ2n) is 8.74. The van der Waals surface area contributed by atoms with Crippen LogP contribution in [0.3, 0.4) is 0 Å². The minimum atomic E-state index is -0.591. The zero-order chi connectivity index (χ0) is 22.0. The van der Waals surface area contributed by atoms with Crippen molar-refractivity contribution in [3.8, 4) is 5.75 Å². The van der Waals surface area contributed by atoms with E-state index in [2.05, 4.69) is 4.90 Å². The molecule has 2 aromatic rings. The van der Waals surface area contributed by atoms with Gasteiger partial charge in [0, 0.05) is 49.7 Å². The summed E-state index contributed by atoms with van der Waals surface area (Å²) >= 11 is 0. The van der Waals surface area contributed by atoms with Crippen molar-refractivity contribution in [2.45, 2.75) is 39.7 Å². The van der Waals surface area contributed by atoms with Crippen LogP contribution in [0.4, 0.5) is 0 Å². The first-order valence-corrected chi connectivity index (χ1v) is 11.2. The molecule has 0 spiro atoms. The SMILES string of the molecule is Cc1c(C)c2ccc(OC(C)C(=O)N3CCC(CN4CCOCC4)CC3)cc2oc1=O. The molecule has 1 atom stereocenters. The number of ether oxygens (including phenoxy) is 2. The summed E-state index contributed by atoms with van der Waals surface area (Å²) in [5.74, 6) is 1.17. The number of aryl methyl sites for hydroxylation is 1. The van der Waals surface area contributed by atoms with Gasteiger partial charge in [-0.3, -0.25) is 9.69 Å². The highest BCUT2D eigenvalue weighted by molar-refractivity contribution is 5.83. The first-order chi connectivity index (χ1) is 14.9. The normalized spacial score (nSPS) is 19.5. The van der Waals surface area contributed by atoms with E-state index in [-0.39, 0.29) is 11.5 Å². The molecule has 4 rings (SSSR count). The maximum atomic E-state index is 12.9. The van der Waals surface area contributed by atoms with E-state index in [1.54, 1.807) is 19.9 Å². The molecule has 7 nitrogen and oxygen atoms in total. The highest BCUT2D eigenvalue weighted by Crippen LogP contribution is 2.25. The summed E-state index contributed by atoms with van der Waals surface area (Å²) in [6, 6.07) is 5.40. The summed E-state index contributed by atoms with van der Waals surface area (Å²) in [5, 5.41) is 0.880. The molecule has 2 saturated heterocycles. The van der Waals surface area contributed by atoms with E-state index < -0.39 is 6.10 Å². The number of morpholine rings is 1. The molecule has 7 heteroatoms. The minimum absolute atomic E-state index is 0.00598. The maximum Gasteiger partial charge on any atom is 0.339 e. The topological polar surface area (TPSA) is 72.2 Å². The second kappa shape index (κ2) is 9.40. The molecule has 3 heterocycles. The van der Waals surface area contributed by atoms with Crippen molar-refractivity contribution in [3.63, 3.8) is 0 Å². The Morgan fingerprint density at radius 3 is 2.55 bits per heavy atom. The van der Waals surface area contributed by atoms with Gasteiger partial charge in [0.15, 0.2) is 6.10 Å². The fourth-order valence-corrected chi connectivity index (χ4v) is 4.50. The smallest absolute Gasteiger partial charge is 0.339 e. The van der Waals surface area contributed by atoms with E-state index in [1.165, 1.54) is 0 Å². The number of nitrogens with zero attached hydrogens (tertiary/aromatic N) is 2. The van der Waals surface area contributed by atoms with Gasteiger partial charge in [0.05, 0.1) is 13.2 Å². The fourth-order valence-electron chi connectivity index (χ4n) is 4.50. The molecule has 2 fully saturated rings. The van der Waals surface area contributed by atoms with E-state index >= 15 is 0 Å². The van der Waals surface area contributed by atoms with Crippen molar-refractivity contribution in [2.75, 3.05) is 45.9 Å². The summed E-state index contributed by atoms with van der Waals surface area (Å²) in [6.45, 7) is 11.7. The van der Waals surface area contributed by atoms with E-state index in [9.17, 15) is 9.59 Å². The van der Waals surface area contributed by atoms with Crippen molar-refractivity contribution in [1.82, 2.24) is 9.80 Å². The Kier molecular flexibility index (Phi) is 6.62. The average Bonchev–Trinajstić information content (AvgIpc) is 2.78. The zero-order valence-electron chi connectivity index (χ0n) is 18.7. The number of piperidine rings is 1. The third-order valence-electron chi connectivity index (χ3n) is 6.64. The summed E-state index contributed by atoms with van der Waals surface area (Å²) in [5.41, 5.74) is 1.66. The lowest BCUT2D eigenvalue weighted by atomic mass is 9.95. The Hall–Kier alpha value is -2.38. The standard InChI is InChI=1S/C24H32N2O5/c1-16-17(2)24(28)31-22-14-20(4-5-21(16)22)30-18(3)23(27)26-8-6-19(7-9-26)15-25-10-12-29-13-11-25/h4-5,14,18-19H,6-13,15H2,1-3H3. The molecule has 1 aromatic carbocycles. The van der Waals surface area contributed by atoms with Crippen molar-refractivity contribution >= 4 is 16.9 Å². The van der Waals surface area contributed by atoms with Crippen molar-refractivity contribution < 1.29 is 18.7 Å². The number of benzene rings is 1. The number of rotatable bonds is 5. The first kappa shape index (κ1) is 21.8. The molecule has 1 amide bonds. The van der Waals surface area contributed by atoms with E-state index in [1.807, 2.05) is 24.0 Å². The molecule has 0 aliphatic carbocycles. The number of amides is 1. The van der Waals surface area contributed by atoms with Gasteiger partial charge in [0.1, 0.15) is 11.3 Å². The number of fused-ring (bicyclic) bond motifs is 1.